The second-order valence-corrected chi connectivity index (χ2v) is 7.30. The highest BCUT2D eigenvalue weighted by molar-refractivity contribution is 9.08. The van der Waals surface area contributed by atoms with Crippen LogP contribution in [0, 0.1) is 0 Å². The summed E-state index contributed by atoms with van der Waals surface area (Å²) < 4.78 is 25.3. The van der Waals surface area contributed by atoms with E-state index in [2.05, 4.69) is 15.9 Å². The molecule has 0 bridgehead atoms. The SMILES string of the molecule is O=S(=O)(c1ccc(CBr)cc1)c1ccc2ccccc2c1. The molecule has 0 N–H and O–H groups in total. The summed E-state index contributed by atoms with van der Waals surface area (Å²) in [5, 5.41) is 2.67. The van der Waals surface area contributed by atoms with Crippen LogP contribution in [0.1, 0.15) is 5.56 Å². The van der Waals surface area contributed by atoms with Gasteiger partial charge in [0.2, 0.25) is 9.84 Å². The molecule has 0 spiro atoms. The van der Waals surface area contributed by atoms with Crippen LogP contribution in [0.3, 0.4) is 0 Å². The molecule has 0 atom stereocenters. The van der Waals surface area contributed by atoms with Gasteiger partial charge in [-0.05, 0) is 40.6 Å². The van der Waals surface area contributed by atoms with Crippen LogP contribution in [0.5, 0.6) is 0 Å². The second kappa shape index (κ2) is 5.62. The topological polar surface area (TPSA) is 34.1 Å². The van der Waals surface area contributed by atoms with Crippen LogP contribution in [0.25, 0.3) is 10.8 Å². The lowest BCUT2D eigenvalue weighted by Gasteiger charge is -2.07. The molecule has 3 aromatic rings. The molecule has 0 unspecified atom stereocenters. The quantitative estimate of drug-likeness (QED) is 0.641. The maximum absolute atomic E-state index is 12.7. The molecule has 0 aliphatic carbocycles. The van der Waals surface area contributed by atoms with Crippen molar-refractivity contribution in [3.63, 3.8) is 0 Å². The minimum atomic E-state index is -3.47. The van der Waals surface area contributed by atoms with Gasteiger partial charge in [-0.3, -0.25) is 0 Å². The van der Waals surface area contributed by atoms with Crippen molar-refractivity contribution >= 4 is 36.5 Å². The molecular weight excluding hydrogens is 348 g/mol. The zero-order chi connectivity index (χ0) is 14.9. The Labute approximate surface area is 132 Å². The molecule has 0 saturated heterocycles. The van der Waals surface area contributed by atoms with Gasteiger partial charge in [-0.15, -0.1) is 0 Å². The summed E-state index contributed by atoms with van der Waals surface area (Å²) in [4.78, 5) is 0.648. The zero-order valence-corrected chi connectivity index (χ0v) is 13.6. The molecule has 106 valence electrons. The number of fused-ring (bicyclic) bond motifs is 1. The van der Waals surface area contributed by atoms with Gasteiger partial charge in [0.25, 0.3) is 0 Å². The number of alkyl halides is 1. The maximum Gasteiger partial charge on any atom is 0.206 e. The summed E-state index contributed by atoms with van der Waals surface area (Å²) in [6.07, 6.45) is 0. The van der Waals surface area contributed by atoms with Crippen LogP contribution in [0.15, 0.2) is 76.5 Å². The van der Waals surface area contributed by atoms with Crippen molar-refractivity contribution in [1.29, 1.82) is 0 Å². The first kappa shape index (κ1) is 14.3. The van der Waals surface area contributed by atoms with Crippen LogP contribution >= 0.6 is 15.9 Å². The predicted octanol–water partition coefficient (Wildman–Crippen LogP) is 4.57. The van der Waals surface area contributed by atoms with Crippen molar-refractivity contribution in [2.24, 2.45) is 0 Å². The highest BCUT2D eigenvalue weighted by atomic mass is 79.9. The molecule has 0 heterocycles. The fraction of sp³-hybridized carbons (Fsp3) is 0.0588. The Balaban J connectivity index is 2.10. The van der Waals surface area contributed by atoms with E-state index in [1.807, 2.05) is 42.5 Å². The number of rotatable bonds is 3. The minimum Gasteiger partial charge on any atom is -0.219 e. The molecule has 3 rings (SSSR count). The van der Waals surface area contributed by atoms with Gasteiger partial charge in [0.05, 0.1) is 9.79 Å². The molecule has 0 amide bonds. The highest BCUT2D eigenvalue weighted by Crippen LogP contribution is 2.25. The van der Waals surface area contributed by atoms with Gasteiger partial charge in [-0.1, -0.05) is 58.4 Å². The summed E-state index contributed by atoms with van der Waals surface area (Å²) in [5.74, 6) is 0. The van der Waals surface area contributed by atoms with Crippen LogP contribution < -0.4 is 0 Å². The first-order chi connectivity index (χ1) is 10.1. The average Bonchev–Trinajstić information content (AvgIpc) is 2.54. The summed E-state index contributed by atoms with van der Waals surface area (Å²) in [6, 6.07) is 19.9. The van der Waals surface area contributed by atoms with Gasteiger partial charge >= 0.3 is 0 Å². The Morgan fingerprint density at radius 2 is 1.38 bits per heavy atom. The lowest BCUT2D eigenvalue weighted by Crippen LogP contribution is -2.02. The fourth-order valence-corrected chi connectivity index (χ4v) is 3.90. The molecule has 3 aromatic carbocycles. The molecular formula is C17H13BrO2S. The third kappa shape index (κ3) is 2.74. The normalized spacial score (nSPS) is 11.7. The molecule has 0 fully saturated rings. The minimum absolute atomic E-state index is 0.322. The van der Waals surface area contributed by atoms with Gasteiger partial charge in [0.1, 0.15) is 0 Å². The van der Waals surface area contributed by atoms with E-state index in [0.717, 1.165) is 16.3 Å². The van der Waals surface area contributed by atoms with Crippen molar-refractivity contribution in [2.75, 3.05) is 0 Å². The van der Waals surface area contributed by atoms with E-state index in [0.29, 0.717) is 15.1 Å². The molecule has 2 nitrogen and oxygen atoms in total. The Kier molecular flexibility index (Phi) is 3.83. The Hall–Kier alpha value is -1.65. The smallest absolute Gasteiger partial charge is 0.206 e. The monoisotopic (exact) mass is 360 g/mol. The number of hydrogen-bond donors (Lipinski definition) is 0. The van der Waals surface area contributed by atoms with E-state index in [-0.39, 0.29) is 0 Å². The Morgan fingerprint density at radius 1 is 0.762 bits per heavy atom. The van der Waals surface area contributed by atoms with E-state index >= 15 is 0 Å². The van der Waals surface area contributed by atoms with Crippen molar-refractivity contribution in [2.45, 2.75) is 15.1 Å². The summed E-state index contributed by atoms with van der Waals surface area (Å²) in [6.45, 7) is 0. The summed E-state index contributed by atoms with van der Waals surface area (Å²) in [5.41, 5.74) is 1.05. The van der Waals surface area contributed by atoms with Crippen LogP contribution in [0.4, 0.5) is 0 Å². The largest absolute Gasteiger partial charge is 0.219 e. The number of benzene rings is 3. The summed E-state index contributed by atoms with van der Waals surface area (Å²) >= 11 is 3.36. The average molecular weight is 361 g/mol. The van der Waals surface area contributed by atoms with Gasteiger partial charge < -0.3 is 0 Å². The highest BCUT2D eigenvalue weighted by Gasteiger charge is 2.17. The van der Waals surface area contributed by atoms with E-state index in [9.17, 15) is 8.42 Å². The van der Waals surface area contributed by atoms with Crippen molar-refractivity contribution < 1.29 is 8.42 Å². The van der Waals surface area contributed by atoms with Crippen molar-refractivity contribution in [3.8, 4) is 0 Å². The number of halogens is 1. The first-order valence-corrected chi connectivity index (χ1v) is 9.10. The first-order valence-electron chi connectivity index (χ1n) is 6.50. The lowest BCUT2D eigenvalue weighted by atomic mass is 10.1. The Morgan fingerprint density at radius 3 is 2.05 bits per heavy atom. The molecule has 0 saturated carbocycles. The fourth-order valence-electron chi connectivity index (χ4n) is 2.23. The van der Waals surface area contributed by atoms with Gasteiger partial charge in [0, 0.05) is 5.33 Å². The molecule has 0 radical (unpaired) electrons. The van der Waals surface area contributed by atoms with Gasteiger partial charge in [-0.2, -0.15) is 0 Å². The van der Waals surface area contributed by atoms with Crippen molar-refractivity contribution in [3.05, 3.63) is 72.3 Å². The van der Waals surface area contributed by atoms with Gasteiger partial charge in [-0.25, -0.2) is 8.42 Å². The van der Waals surface area contributed by atoms with Crippen LogP contribution in [0.2, 0.25) is 0 Å². The number of hydrogen-bond acceptors (Lipinski definition) is 2. The Bertz CT molecular complexity index is 884. The molecule has 0 aliphatic rings. The van der Waals surface area contributed by atoms with E-state index in [1.165, 1.54) is 0 Å². The third-order valence-electron chi connectivity index (χ3n) is 3.42. The predicted molar refractivity (Wildman–Crippen MR) is 88.5 cm³/mol. The molecule has 21 heavy (non-hydrogen) atoms. The van der Waals surface area contributed by atoms with E-state index < -0.39 is 9.84 Å². The maximum atomic E-state index is 12.7. The van der Waals surface area contributed by atoms with Gasteiger partial charge in [0.15, 0.2) is 0 Å². The van der Waals surface area contributed by atoms with Crippen molar-refractivity contribution in [1.82, 2.24) is 0 Å². The zero-order valence-electron chi connectivity index (χ0n) is 11.2. The lowest BCUT2D eigenvalue weighted by molar-refractivity contribution is 0.596. The number of sulfone groups is 1. The summed E-state index contributed by atoms with van der Waals surface area (Å²) in [7, 11) is -3.47. The third-order valence-corrected chi connectivity index (χ3v) is 5.83. The van der Waals surface area contributed by atoms with Crippen LogP contribution in [-0.4, -0.2) is 8.42 Å². The second-order valence-electron chi connectivity index (χ2n) is 4.79. The molecule has 0 aliphatic heterocycles. The standard InChI is InChI=1S/C17H13BrO2S/c18-12-13-5-8-16(9-6-13)21(19,20)17-10-7-14-3-1-2-4-15(14)11-17/h1-11H,12H2. The van der Waals surface area contributed by atoms with E-state index in [4.69, 9.17) is 0 Å². The molecule has 4 heteroatoms. The molecule has 0 aromatic heterocycles. The van der Waals surface area contributed by atoms with E-state index in [1.54, 1.807) is 24.3 Å². The van der Waals surface area contributed by atoms with Crippen LogP contribution in [-0.2, 0) is 15.2 Å².